The number of aliphatic hydroxyl groups is 1. The Morgan fingerprint density at radius 1 is 1.30 bits per heavy atom. The van der Waals surface area contributed by atoms with Crippen molar-refractivity contribution >= 4 is 5.91 Å². The molecule has 0 aromatic heterocycles. The lowest BCUT2D eigenvalue weighted by Crippen LogP contribution is -2.41. The van der Waals surface area contributed by atoms with Gasteiger partial charge in [-0.1, -0.05) is 37.3 Å². The van der Waals surface area contributed by atoms with E-state index in [1.165, 1.54) is 5.56 Å². The first-order valence-electron chi connectivity index (χ1n) is 7.31. The van der Waals surface area contributed by atoms with Crippen molar-refractivity contribution in [1.29, 1.82) is 0 Å². The van der Waals surface area contributed by atoms with Gasteiger partial charge in [0.1, 0.15) is 0 Å². The van der Waals surface area contributed by atoms with Crippen molar-refractivity contribution in [2.24, 2.45) is 11.7 Å². The quantitative estimate of drug-likeness (QED) is 0.599. The van der Waals surface area contributed by atoms with Gasteiger partial charge >= 0.3 is 0 Å². The molecule has 0 fully saturated rings. The molecule has 0 aliphatic carbocycles. The lowest BCUT2D eigenvalue weighted by atomic mass is 10.0. The van der Waals surface area contributed by atoms with E-state index in [2.05, 4.69) is 5.32 Å². The summed E-state index contributed by atoms with van der Waals surface area (Å²) in [6, 6.07) is 9.59. The van der Waals surface area contributed by atoms with Gasteiger partial charge in [0.2, 0.25) is 5.91 Å². The van der Waals surface area contributed by atoms with Gasteiger partial charge in [0.15, 0.2) is 0 Å². The zero-order valence-electron chi connectivity index (χ0n) is 12.2. The number of hydrogen-bond donors (Lipinski definition) is 3. The molecule has 2 atom stereocenters. The van der Waals surface area contributed by atoms with Crippen molar-refractivity contribution < 1.29 is 9.90 Å². The first kappa shape index (κ1) is 16.7. The van der Waals surface area contributed by atoms with Crippen molar-refractivity contribution in [2.75, 3.05) is 13.2 Å². The number of amides is 1. The van der Waals surface area contributed by atoms with Crippen molar-refractivity contribution in [3.05, 3.63) is 35.9 Å². The molecule has 0 spiro atoms. The third-order valence-corrected chi connectivity index (χ3v) is 3.41. The molecule has 4 N–H and O–H groups in total. The monoisotopic (exact) mass is 278 g/mol. The second kappa shape index (κ2) is 9.50. The summed E-state index contributed by atoms with van der Waals surface area (Å²) in [7, 11) is 0. The fraction of sp³-hybridized carbons (Fsp3) is 0.562. The van der Waals surface area contributed by atoms with Crippen LogP contribution in [0.4, 0.5) is 0 Å². The lowest BCUT2D eigenvalue weighted by Gasteiger charge is -2.13. The normalized spacial score (nSPS) is 13.8. The number of carbonyl (C=O) groups excluding carboxylic acids is 1. The SMILES string of the molecule is CC(CO)CCCNC(=O)C(N)CCc1ccccc1. The van der Waals surface area contributed by atoms with E-state index in [9.17, 15) is 4.79 Å². The molecule has 4 nitrogen and oxygen atoms in total. The van der Waals surface area contributed by atoms with E-state index in [-0.39, 0.29) is 12.5 Å². The topological polar surface area (TPSA) is 75.3 Å². The van der Waals surface area contributed by atoms with Crippen LogP contribution in [-0.2, 0) is 11.2 Å². The summed E-state index contributed by atoms with van der Waals surface area (Å²) >= 11 is 0. The predicted molar refractivity (Wildman–Crippen MR) is 81.2 cm³/mol. The fourth-order valence-electron chi connectivity index (χ4n) is 1.98. The Balaban J connectivity index is 2.16. The van der Waals surface area contributed by atoms with Gasteiger partial charge in [-0.05, 0) is 37.2 Å². The van der Waals surface area contributed by atoms with E-state index >= 15 is 0 Å². The molecule has 112 valence electrons. The van der Waals surface area contributed by atoms with E-state index < -0.39 is 6.04 Å². The molecule has 0 heterocycles. The summed E-state index contributed by atoms with van der Waals surface area (Å²) in [5.41, 5.74) is 7.08. The maximum absolute atomic E-state index is 11.8. The Morgan fingerprint density at radius 3 is 2.65 bits per heavy atom. The van der Waals surface area contributed by atoms with E-state index in [0.29, 0.717) is 18.9 Å². The maximum Gasteiger partial charge on any atom is 0.236 e. The molecule has 0 saturated heterocycles. The standard InChI is InChI=1S/C16H26N2O2/c1-13(12-19)6-5-11-18-16(20)15(17)10-9-14-7-3-2-4-8-14/h2-4,7-8,13,15,19H,5-6,9-12,17H2,1H3,(H,18,20). The van der Waals surface area contributed by atoms with Crippen LogP contribution in [0.5, 0.6) is 0 Å². The molecule has 1 amide bonds. The molecular weight excluding hydrogens is 252 g/mol. The molecule has 1 aromatic carbocycles. The Kier molecular flexibility index (Phi) is 7.92. The van der Waals surface area contributed by atoms with Crippen LogP contribution in [0.25, 0.3) is 0 Å². The molecule has 0 aliphatic heterocycles. The van der Waals surface area contributed by atoms with Crippen LogP contribution in [0.15, 0.2) is 30.3 Å². The number of nitrogens with two attached hydrogens (primary N) is 1. The molecular formula is C16H26N2O2. The highest BCUT2D eigenvalue weighted by atomic mass is 16.3. The van der Waals surface area contributed by atoms with Crippen LogP contribution in [0, 0.1) is 5.92 Å². The van der Waals surface area contributed by atoms with Gasteiger partial charge in [0.25, 0.3) is 0 Å². The molecule has 2 unspecified atom stereocenters. The van der Waals surface area contributed by atoms with Crippen molar-refractivity contribution in [2.45, 2.75) is 38.6 Å². The minimum absolute atomic E-state index is 0.0856. The van der Waals surface area contributed by atoms with E-state index in [0.717, 1.165) is 19.3 Å². The highest BCUT2D eigenvalue weighted by Crippen LogP contribution is 2.05. The predicted octanol–water partition coefficient (Wildman–Crippen LogP) is 1.47. The first-order valence-corrected chi connectivity index (χ1v) is 7.31. The smallest absolute Gasteiger partial charge is 0.236 e. The van der Waals surface area contributed by atoms with E-state index in [4.69, 9.17) is 10.8 Å². The summed E-state index contributed by atoms with van der Waals surface area (Å²) in [5.74, 6) is 0.205. The average Bonchev–Trinajstić information content (AvgIpc) is 2.49. The van der Waals surface area contributed by atoms with Gasteiger partial charge in [-0.3, -0.25) is 4.79 Å². The molecule has 1 aromatic rings. The zero-order chi connectivity index (χ0) is 14.8. The molecule has 1 rings (SSSR count). The highest BCUT2D eigenvalue weighted by molar-refractivity contribution is 5.81. The largest absolute Gasteiger partial charge is 0.396 e. The van der Waals surface area contributed by atoms with Gasteiger partial charge < -0.3 is 16.2 Å². The molecule has 20 heavy (non-hydrogen) atoms. The van der Waals surface area contributed by atoms with Gasteiger partial charge in [-0.15, -0.1) is 0 Å². The zero-order valence-corrected chi connectivity index (χ0v) is 12.2. The Bertz CT molecular complexity index is 381. The summed E-state index contributed by atoms with van der Waals surface area (Å²) in [5, 5.41) is 11.8. The van der Waals surface area contributed by atoms with Gasteiger partial charge in [0.05, 0.1) is 6.04 Å². The van der Waals surface area contributed by atoms with Gasteiger partial charge in [0, 0.05) is 13.2 Å². The lowest BCUT2D eigenvalue weighted by molar-refractivity contribution is -0.122. The molecule has 0 saturated carbocycles. The average molecular weight is 278 g/mol. The number of aryl methyl sites for hydroxylation is 1. The Labute approximate surface area is 121 Å². The second-order valence-electron chi connectivity index (χ2n) is 5.35. The number of hydrogen-bond acceptors (Lipinski definition) is 3. The minimum atomic E-state index is -0.453. The van der Waals surface area contributed by atoms with Crippen LogP contribution >= 0.6 is 0 Å². The number of nitrogens with one attached hydrogen (secondary N) is 1. The van der Waals surface area contributed by atoms with E-state index in [1.807, 2.05) is 37.3 Å². The van der Waals surface area contributed by atoms with Crippen molar-refractivity contribution in [1.82, 2.24) is 5.32 Å². The van der Waals surface area contributed by atoms with Crippen LogP contribution in [0.3, 0.4) is 0 Å². The summed E-state index contributed by atoms with van der Waals surface area (Å²) < 4.78 is 0. The molecule has 4 heteroatoms. The maximum atomic E-state index is 11.8. The Hall–Kier alpha value is -1.39. The highest BCUT2D eigenvalue weighted by Gasteiger charge is 2.12. The van der Waals surface area contributed by atoms with Crippen LogP contribution in [-0.4, -0.2) is 30.2 Å². The number of benzene rings is 1. The summed E-state index contributed by atoms with van der Waals surface area (Å²) in [6.07, 6.45) is 3.26. The van der Waals surface area contributed by atoms with Crippen LogP contribution < -0.4 is 11.1 Å². The fourth-order valence-corrected chi connectivity index (χ4v) is 1.98. The molecule has 0 bridgehead atoms. The first-order chi connectivity index (χ1) is 9.63. The molecule has 0 radical (unpaired) electrons. The third-order valence-electron chi connectivity index (χ3n) is 3.41. The van der Waals surface area contributed by atoms with Crippen molar-refractivity contribution in [3.63, 3.8) is 0 Å². The number of carbonyl (C=O) groups is 1. The van der Waals surface area contributed by atoms with Crippen LogP contribution in [0.1, 0.15) is 31.7 Å². The van der Waals surface area contributed by atoms with Crippen LogP contribution in [0.2, 0.25) is 0 Å². The second-order valence-corrected chi connectivity index (χ2v) is 5.35. The third kappa shape index (κ3) is 6.68. The Morgan fingerprint density at radius 2 is 2.00 bits per heavy atom. The number of rotatable bonds is 9. The van der Waals surface area contributed by atoms with E-state index in [1.54, 1.807) is 0 Å². The minimum Gasteiger partial charge on any atom is -0.396 e. The van der Waals surface area contributed by atoms with Crippen molar-refractivity contribution in [3.8, 4) is 0 Å². The summed E-state index contributed by atoms with van der Waals surface area (Å²) in [6.45, 7) is 2.82. The number of aliphatic hydroxyl groups excluding tert-OH is 1. The molecule has 0 aliphatic rings. The van der Waals surface area contributed by atoms with Gasteiger partial charge in [-0.25, -0.2) is 0 Å². The van der Waals surface area contributed by atoms with Gasteiger partial charge in [-0.2, -0.15) is 0 Å². The summed E-state index contributed by atoms with van der Waals surface area (Å²) in [4.78, 5) is 11.8.